The van der Waals surface area contributed by atoms with Crippen LogP contribution in [0.3, 0.4) is 0 Å². The molecule has 0 saturated carbocycles. The number of sulfonamides is 1. The second-order valence-electron chi connectivity index (χ2n) is 4.18. The van der Waals surface area contributed by atoms with Gasteiger partial charge in [-0.25, -0.2) is 13.1 Å². The second kappa shape index (κ2) is 7.80. The Hall–Kier alpha value is -1.68. The van der Waals surface area contributed by atoms with Crippen molar-refractivity contribution >= 4 is 10.0 Å². The molecule has 0 fully saturated rings. The molecule has 1 rings (SSSR count). The standard InChI is InChI=1S/C14H18N2O3S/c1-3-4-8-19-9-7-16-20(17,18)14-10-13(11-15)6-5-12(14)2/h3,5-6,10,16H,1,4,7-9H2,2H3. The highest BCUT2D eigenvalue weighted by atomic mass is 32.2. The van der Waals surface area contributed by atoms with E-state index in [2.05, 4.69) is 11.3 Å². The van der Waals surface area contributed by atoms with Crippen LogP contribution in [0.1, 0.15) is 17.5 Å². The van der Waals surface area contributed by atoms with Gasteiger partial charge in [0.05, 0.1) is 29.7 Å². The first-order chi connectivity index (χ1) is 9.51. The van der Waals surface area contributed by atoms with Crippen molar-refractivity contribution in [1.82, 2.24) is 4.72 Å². The molecule has 0 spiro atoms. The van der Waals surface area contributed by atoms with Crippen molar-refractivity contribution in [3.63, 3.8) is 0 Å². The Morgan fingerprint density at radius 3 is 2.85 bits per heavy atom. The Morgan fingerprint density at radius 2 is 2.20 bits per heavy atom. The van der Waals surface area contributed by atoms with Gasteiger partial charge in [0.2, 0.25) is 10.0 Å². The monoisotopic (exact) mass is 294 g/mol. The van der Waals surface area contributed by atoms with E-state index in [9.17, 15) is 8.42 Å². The van der Waals surface area contributed by atoms with Crippen LogP contribution in [0.5, 0.6) is 0 Å². The van der Waals surface area contributed by atoms with Crippen LogP contribution in [0.25, 0.3) is 0 Å². The number of aryl methyl sites for hydroxylation is 1. The summed E-state index contributed by atoms with van der Waals surface area (Å²) in [5, 5.41) is 8.82. The Labute approximate surface area is 119 Å². The molecule has 1 aromatic carbocycles. The van der Waals surface area contributed by atoms with E-state index in [1.807, 2.05) is 6.07 Å². The highest BCUT2D eigenvalue weighted by Crippen LogP contribution is 2.16. The average Bonchev–Trinajstić information content (AvgIpc) is 2.43. The fourth-order valence-corrected chi connectivity index (χ4v) is 2.84. The molecule has 0 amide bonds. The number of nitrogens with zero attached hydrogens (tertiary/aromatic N) is 1. The van der Waals surface area contributed by atoms with Gasteiger partial charge in [0.15, 0.2) is 0 Å². The summed E-state index contributed by atoms with van der Waals surface area (Å²) in [6, 6.07) is 6.51. The largest absolute Gasteiger partial charge is 0.380 e. The lowest BCUT2D eigenvalue weighted by Crippen LogP contribution is -2.28. The molecule has 0 radical (unpaired) electrons. The normalized spacial score (nSPS) is 11.0. The fraction of sp³-hybridized carbons (Fsp3) is 0.357. The molecule has 0 unspecified atom stereocenters. The van der Waals surface area contributed by atoms with Crippen LogP contribution in [-0.4, -0.2) is 28.2 Å². The van der Waals surface area contributed by atoms with Gasteiger partial charge in [-0.3, -0.25) is 0 Å². The lowest BCUT2D eigenvalue weighted by Gasteiger charge is -2.09. The van der Waals surface area contributed by atoms with Crippen molar-refractivity contribution in [1.29, 1.82) is 5.26 Å². The second-order valence-corrected chi connectivity index (χ2v) is 5.91. The molecule has 0 heterocycles. The van der Waals surface area contributed by atoms with Crippen molar-refractivity contribution < 1.29 is 13.2 Å². The van der Waals surface area contributed by atoms with E-state index in [4.69, 9.17) is 10.00 Å². The highest BCUT2D eigenvalue weighted by Gasteiger charge is 2.16. The van der Waals surface area contributed by atoms with E-state index in [1.165, 1.54) is 6.07 Å². The quantitative estimate of drug-likeness (QED) is 0.585. The minimum atomic E-state index is -3.62. The van der Waals surface area contributed by atoms with Crippen molar-refractivity contribution in [2.24, 2.45) is 0 Å². The zero-order chi connectivity index (χ0) is 15.0. The van der Waals surface area contributed by atoms with Gasteiger partial charge < -0.3 is 4.74 Å². The number of nitriles is 1. The Balaban J connectivity index is 2.65. The molecule has 0 bridgehead atoms. The maximum absolute atomic E-state index is 12.1. The van der Waals surface area contributed by atoms with Crippen LogP contribution in [0.15, 0.2) is 35.7 Å². The SMILES string of the molecule is C=CCCOCCNS(=O)(=O)c1cc(C#N)ccc1C. The molecule has 6 heteroatoms. The van der Waals surface area contributed by atoms with E-state index in [0.717, 1.165) is 6.42 Å². The third-order valence-electron chi connectivity index (χ3n) is 2.61. The highest BCUT2D eigenvalue weighted by molar-refractivity contribution is 7.89. The molecular formula is C14H18N2O3S. The summed E-state index contributed by atoms with van der Waals surface area (Å²) in [6.45, 7) is 6.26. The third kappa shape index (κ3) is 4.78. The van der Waals surface area contributed by atoms with Gasteiger partial charge in [-0.15, -0.1) is 6.58 Å². The summed E-state index contributed by atoms with van der Waals surface area (Å²) in [5.41, 5.74) is 0.919. The van der Waals surface area contributed by atoms with Crippen LogP contribution in [-0.2, 0) is 14.8 Å². The number of hydrogen-bond donors (Lipinski definition) is 1. The van der Waals surface area contributed by atoms with E-state index >= 15 is 0 Å². The van der Waals surface area contributed by atoms with Crippen LogP contribution in [0.4, 0.5) is 0 Å². The number of rotatable bonds is 8. The molecule has 5 nitrogen and oxygen atoms in total. The lowest BCUT2D eigenvalue weighted by molar-refractivity contribution is 0.144. The van der Waals surface area contributed by atoms with Crippen LogP contribution in [0, 0.1) is 18.3 Å². The van der Waals surface area contributed by atoms with E-state index in [0.29, 0.717) is 24.3 Å². The molecule has 0 aliphatic heterocycles. The van der Waals surface area contributed by atoms with Crippen molar-refractivity contribution in [2.45, 2.75) is 18.2 Å². The minimum Gasteiger partial charge on any atom is -0.380 e. The molecule has 1 N–H and O–H groups in total. The van der Waals surface area contributed by atoms with E-state index in [-0.39, 0.29) is 11.4 Å². The molecular weight excluding hydrogens is 276 g/mol. The van der Waals surface area contributed by atoms with Gasteiger partial charge in [0.25, 0.3) is 0 Å². The minimum absolute atomic E-state index is 0.127. The molecule has 20 heavy (non-hydrogen) atoms. The Bertz CT molecular complexity index is 603. The smallest absolute Gasteiger partial charge is 0.240 e. The summed E-state index contributed by atoms with van der Waals surface area (Å²) < 4.78 is 31.9. The van der Waals surface area contributed by atoms with Crippen molar-refractivity contribution in [3.8, 4) is 6.07 Å². The molecule has 108 valence electrons. The maximum Gasteiger partial charge on any atom is 0.240 e. The average molecular weight is 294 g/mol. The first kappa shape index (κ1) is 16.4. The maximum atomic E-state index is 12.1. The summed E-state index contributed by atoms with van der Waals surface area (Å²) in [7, 11) is -3.62. The van der Waals surface area contributed by atoms with Crippen LogP contribution < -0.4 is 4.72 Å². The summed E-state index contributed by atoms with van der Waals surface area (Å²) in [6.07, 6.45) is 2.47. The first-order valence-electron chi connectivity index (χ1n) is 6.20. The summed E-state index contributed by atoms with van der Waals surface area (Å²) in [4.78, 5) is 0.127. The summed E-state index contributed by atoms with van der Waals surface area (Å²) >= 11 is 0. The van der Waals surface area contributed by atoms with Gasteiger partial charge in [-0.05, 0) is 31.0 Å². The van der Waals surface area contributed by atoms with Gasteiger partial charge in [-0.1, -0.05) is 12.1 Å². The molecule has 0 aliphatic carbocycles. The molecule has 0 aromatic heterocycles. The Kier molecular flexibility index (Phi) is 6.39. The number of nitrogens with one attached hydrogen (secondary N) is 1. The Morgan fingerprint density at radius 1 is 1.45 bits per heavy atom. The van der Waals surface area contributed by atoms with Gasteiger partial charge in [0, 0.05) is 6.54 Å². The van der Waals surface area contributed by atoms with Gasteiger partial charge in [0.1, 0.15) is 0 Å². The topological polar surface area (TPSA) is 79.2 Å². The third-order valence-corrected chi connectivity index (χ3v) is 4.21. The number of ether oxygens (including phenoxy) is 1. The number of hydrogen-bond acceptors (Lipinski definition) is 4. The van der Waals surface area contributed by atoms with Crippen molar-refractivity contribution in [3.05, 3.63) is 42.0 Å². The lowest BCUT2D eigenvalue weighted by atomic mass is 10.2. The first-order valence-corrected chi connectivity index (χ1v) is 7.68. The fourth-order valence-electron chi connectivity index (χ4n) is 1.55. The predicted octanol–water partition coefficient (Wildman–Crippen LogP) is 1.74. The molecule has 0 atom stereocenters. The van der Waals surface area contributed by atoms with E-state index < -0.39 is 10.0 Å². The van der Waals surface area contributed by atoms with Crippen molar-refractivity contribution in [2.75, 3.05) is 19.8 Å². The molecule has 1 aromatic rings. The molecule has 0 aliphatic rings. The van der Waals surface area contributed by atoms with Crippen LogP contribution >= 0.6 is 0 Å². The van der Waals surface area contributed by atoms with E-state index in [1.54, 1.807) is 25.1 Å². The van der Waals surface area contributed by atoms with Crippen LogP contribution in [0.2, 0.25) is 0 Å². The summed E-state index contributed by atoms with van der Waals surface area (Å²) in [5.74, 6) is 0. The zero-order valence-electron chi connectivity index (χ0n) is 11.4. The van der Waals surface area contributed by atoms with Gasteiger partial charge in [-0.2, -0.15) is 5.26 Å². The predicted molar refractivity (Wildman–Crippen MR) is 76.7 cm³/mol. The number of benzene rings is 1. The molecule has 0 saturated heterocycles. The zero-order valence-corrected chi connectivity index (χ0v) is 12.2. The van der Waals surface area contributed by atoms with Gasteiger partial charge >= 0.3 is 0 Å².